The number of carbonyl (C=O) groups is 2. The first-order valence-electron chi connectivity index (χ1n) is 6.18. The second-order valence-electron chi connectivity index (χ2n) is 4.37. The molecule has 1 amide bonds. The fourth-order valence-corrected chi connectivity index (χ4v) is 1.98. The molecule has 0 radical (unpaired) electrons. The molecule has 4 rings (SSSR count). The molecular weight excluding hydrogens is 274 g/mol. The van der Waals surface area contributed by atoms with E-state index < -0.39 is 11.7 Å². The quantitative estimate of drug-likeness (QED) is 0.723. The summed E-state index contributed by atoms with van der Waals surface area (Å²) in [6, 6.07) is 11.6. The lowest BCUT2D eigenvalue weighted by Gasteiger charge is -1.93. The summed E-state index contributed by atoms with van der Waals surface area (Å²) in [5.74, 6) is 0.522. The number of hydrogen-bond donors (Lipinski definition) is 2. The highest BCUT2D eigenvalue weighted by Crippen LogP contribution is 2.34. The molecule has 0 aliphatic carbocycles. The topological polar surface area (TPSA) is 84.9 Å². The predicted octanol–water partition coefficient (Wildman–Crippen LogP) is 1.94. The highest BCUT2D eigenvalue weighted by molar-refractivity contribution is 6.51. The van der Waals surface area contributed by atoms with Gasteiger partial charge in [-0.25, -0.2) is 0 Å². The number of phenols is 1. The van der Waals surface area contributed by atoms with Gasteiger partial charge >= 0.3 is 0 Å². The van der Waals surface area contributed by atoms with Crippen molar-refractivity contribution in [3.63, 3.8) is 0 Å². The summed E-state index contributed by atoms with van der Waals surface area (Å²) in [5.41, 5.74) is 1.08. The average Bonchev–Trinajstić information content (AvgIpc) is 3.05. The maximum atomic E-state index is 11.0. The van der Waals surface area contributed by atoms with E-state index in [0.717, 1.165) is 0 Å². The van der Waals surface area contributed by atoms with Gasteiger partial charge in [0.25, 0.3) is 11.7 Å². The van der Waals surface area contributed by atoms with Gasteiger partial charge in [0, 0.05) is 6.07 Å². The lowest BCUT2D eigenvalue weighted by atomic mass is 10.1. The Morgan fingerprint density at radius 2 is 1.76 bits per heavy atom. The number of aromatic hydroxyl groups is 1. The van der Waals surface area contributed by atoms with Crippen molar-refractivity contribution >= 4 is 17.4 Å². The lowest BCUT2D eigenvalue weighted by Crippen LogP contribution is -2.12. The maximum absolute atomic E-state index is 11.0. The number of phenolic OH excluding ortho intramolecular Hbond substituents is 1. The van der Waals surface area contributed by atoms with Gasteiger partial charge in [0.1, 0.15) is 5.75 Å². The van der Waals surface area contributed by atoms with E-state index >= 15 is 0 Å². The van der Waals surface area contributed by atoms with Crippen LogP contribution >= 0.6 is 0 Å². The van der Waals surface area contributed by atoms with E-state index in [2.05, 4.69) is 5.32 Å². The minimum Gasteiger partial charge on any atom is -0.508 e. The third-order valence-electron chi connectivity index (χ3n) is 2.98. The Kier molecular flexibility index (Phi) is 3.19. The molecule has 6 nitrogen and oxygen atoms in total. The number of ketones is 1. The molecule has 0 saturated heterocycles. The molecule has 106 valence electrons. The van der Waals surface area contributed by atoms with Crippen molar-refractivity contribution in [3.8, 4) is 17.2 Å². The summed E-state index contributed by atoms with van der Waals surface area (Å²) >= 11 is 0. The number of carbonyl (C=O) groups excluding carboxylic acids is 2. The van der Waals surface area contributed by atoms with Gasteiger partial charge in [-0.2, -0.15) is 0 Å². The summed E-state index contributed by atoms with van der Waals surface area (Å²) in [7, 11) is 0. The Bertz CT molecular complexity index is 726. The molecule has 2 aromatic rings. The van der Waals surface area contributed by atoms with Crippen molar-refractivity contribution in [1.82, 2.24) is 0 Å². The van der Waals surface area contributed by atoms with Gasteiger partial charge in [-0.1, -0.05) is 12.1 Å². The minimum absolute atomic E-state index is 0.198. The van der Waals surface area contributed by atoms with E-state index in [-0.39, 0.29) is 12.5 Å². The number of nitrogens with one attached hydrogen (secondary N) is 1. The number of fused-ring (bicyclic) bond motifs is 2. The fraction of sp³-hybridized carbons (Fsp3) is 0.0667. The SMILES string of the molecule is O=C1Nc2ccccc2C1=O.Oc1ccc2c(c1)OCO2. The zero-order valence-electron chi connectivity index (χ0n) is 10.8. The molecule has 0 atom stereocenters. The number of rotatable bonds is 0. The number of hydrogen-bond acceptors (Lipinski definition) is 5. The van der Waals surface area contributed by atoms with Crippen LogP contribution in [-0.2, 0) is 4.79 Å². The molecule has 0 spiro atoms. The molecule has 0 aromatic heterocycles. The van der Waals surface area contributed by atoms with Crippen molar-refractivity contribution in [3.05, 3.63) is 48.0 Å². The van der Waals surface area contributed by atoms with Crippen LogP contribution in [0.1, 0.15) is 10.4 Å². The summed E-state index contributed by atoms with van der Waals surface area (Å²) in [4.78, 5) is 21.8. The van der Waals surface area contributed by atoms with Crippen LogP contribution in [-0.4, -0.2) is 23.6 Å². The monoisotopic (exact) mass is 285 g/mol. The maximum Gasteiger partial charge on any atom is 0.296 e. The van der Waals surface area contributed by atoms with E-state index in [1.807, 2.05) is 0 Å². The largest absolute Gasteiger partial charge is 0.508 e. The Hall–Kier alpha value is -3.02. The highest BCUT2D eigenvalue weighted by Gasteiger charge is 2.26. The van der Waals surface area contributed by atoms with Crippen LogP contribution < -0.4 is 14.8 Å². The minimum atomic E-state index is -0.536. The van der Waals surface area contributed by atoms with Crippen LogP contribution in [0.5, 0.6) is 17.2 Å². The number of benzene rings is 2. The third kappa shape index (κ3) is 2.51. The zero-order chi connectivity index (χ0) is 14.8. The van der Waals surface area contributed by atoms with Gasteiger partial charge < -0.3 is 19.9 Å². The Morgan fingerprint density at radius 3 is 2.57 bits per heavy atom. The molecular formula is C15H11NO5. The molecule has 2 heterocycles. The van der Waals surface area contributed by atoms with Crippen LogP contribution in [0, 0.1) is 0 Å². The molecule has 6 heteroatoms. The average molecular weight is 285 g/mol. The zero-order valence-corrected chi connectivity index (χ0v) is 10.8. The van der Waals surface area contributed by atoms with Crippen molar-refractivity contribution < 1.29 is 24.2 Å². The van der Waals surface area contributed by atoms with Crippen LogP contribution in [0.15, 0.2) is 42.5 Å². The van der Waals surface area contributed by atoms with Crippen molar-refractivity contribution in [2.45, 2.75) is 0 Å². The Morgan fingerprint density at radius 1 is 1.00 bits per heavy atom. The number of ether oxygens (including phenoxy) is 2. The van der Waals surface area contributed by atoms with Crippen LogP contribution in [0.4, 0.5) is 5.69 Å². The second kappa shape index (κ2) is 5.16. The number of anilines is 1. The highest BCUT2D eigenvalue weighted by atomic mass is 16.7. The normalized spacial score (nSPS) is 14.1. The van der Waals surface area contributed by atoms with Crippen LogP contribution in [0.3, 0.4) is 0 Å². The molecule has 2 aromatic carbocycles. The van der Waals surface area contributed by atoms with Gasteiger partial charge in [0.15, 0.2) is 11.5 Å². The number of para-hydroxylation sites is 1. The Balaban J connectivity index is 0.000000126. The van der Waals surface area contributed by atoms with Gasteiger partial charge in [0.05, 0.1) is 11.3 Å². The van der Waals surface area contributed by atoms with E-state index in [9.17, 15) is 9.59 Å². The molecule has 0 fully saturated rings. The molecule has 0 bridgehead atoms. The van der Waals surface area contributed by atoms with E-state index in [1.54, 1.807) is 36.4 Å². The van der Waals surface area contributed by atoms with Crippen LogP contribution in [0.25, 0.3) is 0 Å². The van der Waals surface area contributed by atoms with Crippen LogP contribution in [0.2, 0.25) is 0 Å². The first kappa shape index (κ1) is 13.0. The van der Waals surface area contributed by atoms with Crippen molar-refractivity contribution in [2.24, 2.45) is 0 Å². The summed E-state index contributed by atoms with van der Waals surface area (Å²) in [6.07, 6.45) is 0. The molecule has 2 aliphatic heterocycles. The van der Waals surface area contributed by atoms with Gasteiger partial charge in [0.2, 0.25) is 6.79 Å². The summed E-state index contributed by atoms with van der Waals surface area (Å²) < 4.78 is 10.0. The molecule has 0 unspecified atom stereocenters. The fourth-order valence-electron chi connectivity index (χ4n) is 1.98. The second-order valence-corrected chi connectivity index (χ2v) is 4.37. The molecule has 2 aliphatic rings. The van der Waals surface area contributed by atoms with E-state index in [1.165, 1.54) is 6.07 Å². The molecule has 0 saturated carbocycles. The first-order valence-corrected chi connectivity index (χ1v) is 6.18. The molecule has 2 N–H and O–H groups in total. The van der Waals surface area contributed by atoms with Crippen molar-refractivity contribution in [2.75, 3.05) is 12.1 Å². The van der Waals surface area contributed by atoms with E-state index in [4.69, 9.17) is 14.6 Å². The predicted molar refractivity (Wildman–Crippen MR) is 73.6 cm³/mol. The smallest absolute Gasteiger partial charge is 0.296 e. The Labute approximate surface area is 119 Å². The lowest BCUT2D eigenvalue weighted by molar-refractivity contribution is -0.112. The standard InChI is InChI=1S/C8H5NO2.C7H6O3/c10-7-5-3-1-2-4-6(5)9-8(7)11;8-5-1-2-6-7(3-5)10-4-9-6/h1-4H,(H,9,10,11);1-3,8H,4H2. The van der Waals surface area contributed by atoms with Gasteiger partial charge in [-0.05, 0) is 24.3 Å². The third-order valence-corrected chi connectivity index (χ3v) is 2.98. The summed E-state index contributed by atoms with van der Waals surface area (Å²) in [5, 5.41) is 11.4. The molecule has 21 heavy (non-hydrogen) atoms. The number of Topliss-reactive ketones (excluding diaryl/α,β-unsaturated/α-hetero) is 1. The van der Waals surface area contributed by atoms with Gasteiger partial charge in [-0.15, -0.1) is 0 Å². The van der Waals surface area contributed by atoms with Crippen molar-refractivity contribution in [1.29, 1.82) is 0 Å². The summed E-state index contributed by atoms with van der Waals surface area (Å²) in [6.45, 7) is 0.249. The van der Waals surface area contributed by atoms with Gasteiger partial charge in [-0.3, -0.25) is 9.59 Å². The van der Waals surface area contributed by atoms with E-state index in [0.29, 0.717) is 22.7 Å². The first-order chi connectivity index (χ1) is 10.1. The number of amides is 1.